The van der Waals surface area contributed by atoms with Crippen molar-refractivity contribution in [3.8, 4) is 11.1 Å². The van der Waals surface area contributed by atoms with Gasteiger partial charge >= 0.3 is 6.18 Å². The second-order valence-electron chi connectivity index (χ2n) is 3.69. The molecule has 2 rings (SSSR count). The molecule has 0 heterocycles. The molecule has 0 atom stereocenters. The molecule has 0 nitrogen and oxygen atoms in total. The maximum Gasteiger partial charge on any atom is 0.417 e. The van der Waals surface area contributed by atoms with Gasteiger partial charge in [0.05, 0.1) is 5.56 Å². The van der Waals surface area contributed by atoms with Crippen LogP contribution in [-0.4, -0.2) is 0 Å². The van der Waals surface area contributed by atoms with Crippen molar-refractivity contribution in [1.29, 1.82) is 0 Å². The third kappa shape index (κ3) is 2.64. The Hall–Kier alpha value is -1.55. The third-order valence-electron chi connectivity index (χ3n) is 2.44. The average Bonchev–Trinajstić information content (AvgIpc) is 2.28. The molecule has 2 aromatic carbocycles. The van der Waals surface area contributed by atoms with Crippen molar-refractivity contribution < 1.29 is 17.6 Å². The summed E-state index contributed by atoms with van der Waals surface area (Å²) < 4.78 is 51.3. The van der Waals surface area contributed by atoms with Crippen molar-refractivity contribution in [3.63, 3.8) is 0 Å². The van der Waals surface area contributed by atoms with Gasteiger partial charge in [-0.2, -0.15) is 13.2 Å². The molecule has 0 spiro atoms. The zero-order chi connectivity index (χ0) is 13.3. The second-order valence-corrected chi connectivity index (χ2v) is 4.13. The van der Waals surface area contributed by atoms with Crippen molar-refractivity contribution >= 4 is 11.6 Å². The van der Waals surface area contributed by atoms with Gasteiger partial charge in [0.15, 0.2) is 0 Å². The van der Waals surface area contributed by atoms with Crippen LogP contribution in [0.3, 0.4) is 0 Å². The van der Waals surface area contributed by atoms with Crippen molar-refractivity contribution in [2.24, 2.45) is 0 Å². The first-order chi connectivity index (χ1) is 8.38. The molecule has 0 fully saturated rings. The second kappa shape index (κ2) is 4.61. The van der Waals surface area contributed by atoms with Gasteiger partial charge in [-0.3, -0.25) is 0 Å². The molecule has 5 heteroatoms. The van der Waals surface area contributed by atoms with E-state index in [9.17, 15) is 17.6 Å². The first kappa shape index (κ1) is 12.9. The molecule has 0 aromatic heterocycles. The van der Waals surface area contributed by atoms with Gasteiger partial charge in [-0.05, 0) is 41.5 Å². The third-order valence-corrected chi connectivity index (χ3v) is 2.68. The molecule has 0 bridgehead atoms. The summed E-state index contributed by atoms with van der Waals surface area (Å²) in [4.78, 5) is 0. The van der Waals surface area contributed by atoms with Crippen LogP contribution in [0.25, 0.3) is 11.1 Å². The number of hydrogen-bond donors (Lipinski definition) is 0. The standard InChI is InChI=1S/C13H7ClF4/c14-9-3-6-12(13(16,17)18)11(7-9)8-1-4-10(15)5-2-8/h1-7H. The van der Waals surface area contributed by atoms with Crippen LogP contribution in [0.15, 0.2) is 42.5 Å². The highest BCUT2D eigenvalue weighted by molar-refractivity contribution is 6.30. The minimum atomic E-state index is -4.48. The van der Waals surface area contributed by atoms with Gasteiger partial charge in [0.2, 0.25) is 0 Å². The summed E-state index contributed by atoms with van der Waals surface area (Å²) in [6.07, 6.45) is -4.48. The van der Waals surface area contributed by atoms with E-state index in [0.717, 1.165) is 18.2 Å². The molecule has 0 saturated carbocycles. The van der Waals surface area contributed by atoms with E-state index < -0.39 is 17.6 Å². The van der Waals surface area contributed by atoms with Gasteiger partial charge in [-0.15, -0.1) is 0 Å². The molecule has 18 heavy (non-hydrogen) atoms. The molecule has 94 valence electrons. The van der Waals surface area contributed by atoms with Gasteiger partial charge < -0.3 is 0 Å². The molecule has 0 amide bonds. The average molecular weight is 275 g/mol. The molecule has 0 aliphatic rings. The van der Waals surface area contributed by atoms with E-state index in [1.807, 2.05) is 0 Å². The fraction of sp³-hybridized carbons (Fsp3) is 0.0769. The molecule has 0 N–H and O–H groups in total. The lowest BCUT2D eigenvalue weighted by atomic mass is 9.99. The summed E-state index contributed by atoms with van der Waals surface area (Å²) in [6, 6.07) is 8.11. The van der Waals surface area contributed by atoms with E-state index in [1.165, 1.54) is 24.3 Å². The van der Waals surface area contributed by atoms with E-state index in [1.54, 1.807) is 0 Å². The lowest BCUT2D eigenvalue weighted by molar-refractivity contribution is -0.137. The van der Waals surface area contributed by atoms with Crippen LogP contribution in [0.1, 0.15) is 5.56 Å². The van der Waals surface area contributed by atoms with E-state index in [2.05, 4.69) is 0 Å². The predicted molar refractivity (Wildman–Crippen MR) is 61.8 cm³/mol. The first-order valence-corrected chi connectivity index (χ1v) is 5.38. The van der Waals surface area contributed by atoms with Crippen molar-refractivity contribution in [2.45, 2.75) is 6.18 Å². The maximum atomic E-state index is 12.8. The number of alkyl halides is 3. The largest absolute Gasteiger partial charge is 0.417 e. The minimum absolute atomic E-state index is 0.0602. The fourth-order valence-electron chi connectivity index (χ4n) is 1.63. The van der Waals surface area contributed by atoms with Crippen LogP contribution >= 0.6 is 11.6 Å². The lowest BCUT2D eigenvalue weighted by Crippen LogP contribution is -2.07. The van der Waals surface area contributed by atoms with Crippen molar-refractivity contribution in [3.05, 3.63) is 58.9 Å². The first-order valence-electron chi connectivity index (χ1n) is 5.00. The van der Waals surface area contributed by atoms with E-state index in [0.29, 0.717) is 0 Å². The molecule has 0 aliphatic carbocycles. The van der Waals surface area contributed by atoms with Crippen LogP contribution < -0.4 is 0 Å². The summed E-state index contributed by atoms with van der Waals surface area (Å²) >= 11 is 5.71. The fourth-order valence-corrected chi connectivity index (χ4v) is 1.80. The van der Waals surface area contributed by atoms with Crippen LogP contribution in [0, 0.1) is 5.82 Å². The quantitative estimate of drug-likeness (QED) is 0.630. The van der Waals surface area contributed by atoms with E-state index >= 15 is 0 Å². The van der Waals surface area contributed by atoms with E-state index in [-0.39, 0.29) is 16.1 Å². The van der Waals surface area contributed by atoms with Crippen LogP contribution in [0.4, 0.5) is 17.6 Å². The highest BCUT2D eigenvalue weighted by atomic mass is 35.5. The molecule has 0 aliphatic heterocycles. The number of halogens is 5. The smallest absolute Gasteiger partial charge is 0.207 e. The van der Waals surface area contributed by atoms with Crippen LogP contribution in [-0.2, 0) is 6.18 Å². The summed E-state index contributed by atoms with van der Waals surface area (Å²) in [6.45, 7) is 0. The Kier molecular flexibility index (Phi) is 3.30. The lowest BCUT2D eigenvalue weighted by Gasteiger charge is -2.13. The molecule has 2 aromatic rings. The normalized spacial score (nSPS) is 11.6. The Morgan fingerprint density at radius 1 is 0.889 bits per heavy atom. The van der Waals surface area contributed by atoms with Gasteiger partial charge in [-0.25, -0.2) is 4.39 Å². The molecule has 0 saturated heterocycles. The molecule has 0 unspecified atom stereocenters. The topological polar surface area (TPSA) is 0 Å². The van der Waals surface area contributed by atoms with Gasteiger partial charge in [0, 0.05) is 5.02 Å². The Morgan fingerprint density at radius 3 is 2.06 bits per heavy atom. The van der Waals surface area contributed by atoms with Gasteiger partial charge in [0.25, 0.3) is 0 Å². The minimum Gasteiger partial charge on any atom is -0.207 e. The zero-order valence-corrected chi connectivity index (χ0v) is 9.69. The number of rotatable bonds is 1. The number of benzene rings is 2. The summed E-state index contributed by atoms with van der Waals surface area (Å²) in [7, 11) is 0. The monoisotopic (exact) mass is 274 g/mol. The Bertz CT molecular complexity index is 558. The Morgan fingerprint density at radius 2 is 1.50 bits per heavy atom. The molecular weight excluding hydrogens is 268 g/mol. The molecule has 0 radical (unpaired) electrons. The highest BCUT2D eigenvalue weighted by Gasteiger charge is 2.33. The van der Waals surface area contributed by atoms with Gasteiger partial charge in [-0.1, -0.05) is 23.7 Å². The summed E-state index contributed by atoms with van der Waals surface area (Å²) in [5.74, 6) is -0.505. The Labute approximate surface area is 106 Å². The van der Waals surface area contributed by atoms with Gasteiger partial charge in [0.1, 0.15) is 5.82 Å². The maximum absolute atomic E-state index is 12.8. The molecular formula is C13H7ClF4. The zero-order valence-electron chi connectivity index (χ0n) is 8.93. The SMILES string of the molecule is Fc1ccc(-c2cc(Cl)ccc2C(F)(F)F)cc1. The Balaban J connectivity index is 2.62. The highest BCUT2D eigenvalue weighted by Crippen LogP contribution is 2.38. The van der Waals surface area contributed by atoms with Crippen LogP contribution in [0.5, 0.6) is 0 Å². The van der Waals surface area contributed by atoms with Crippen molar-refractivity contribution in [2.75, 3.05) is 0 Å². The van der Waals surface area contributed by atoms with Crippen molar-refractivity contribution in [1.82, 2.24) is 0 Å². The summed E-state index contributed by atoms with van der Waals surface area (Å²) in [5.41, 5.74) is -0.584. The van der Waals surface area contributed by atoms with E-state index in [4.69, 9.17) is 11.6 Å². The van der Waals surface area contributed by atoms with Crippen LogP contribution in [0.2, 0.25) is 5.02 Å². The number of hydrogen-bond acceptors (Lipinski definition) is 0. The predicted octanol–water partition coefficient (Wildman–Crippen LogP) is 5.16. The summed E-state index contributed by atoms with van der Waals surface area (Å²) in [5, 5.41) is 0.197.